The summed E-state index contributed by atoms with van der Waals surface area (Å²) in [6.07, 6.45) is 4.42. The first-order chi connectivity index (χ1) is 8.71. The molecule has 0 N–H and O–H groups in total. The van der Waals surface area contributed by atoms with Crippen molar-refractivity contribution in [2.45, 2.75) is 60.5 Å². The SMILES string of the molecule is CC1=CC[C@H](C(C)C)[C@H]2C(=O)O[C@@H](C(C)(C)C)C[C@@H]12. The van der Waals surface area contributed by atoms with Crippen LogP contribution in [0.2, 0.25) is 0 Å². The van der Waals surface area contributed by atoms with Crippen molar-refractivity contribution in [3.05, 3.63) is 11.6 Å². The quantitative estimate of drug-likeness (QED) is 0.524. The van der Waals surface area contributed by atoms with Crippen molar-refractivity contribution >= 4 is 5.97 Å². The van der Waals surface area contributed by atoms with E-state index in [-0.39, 0.29) is 23.4 Å². The smallest absolute Gasteiger partial charge is 0.310 e. The van der Waals surface area contributed by atoms with Crippen LogP contribution in [0.1, 0.15) is 54.4 Å². The van der Waals surface area contributed by atoms with Gasteiger partial charge in [0, 0.05) is 0 Å². The van der Waals surface area contributed by atoms with Crippen molar-refractivity contribution in [1.82, 2.24) is 0 Å². The normalized spacial score (nSPS) is 35.7. The molecule has 0 saturated carbocycles. The molecule has 2 aliphatic rings. The fraction of sp³-hybridized carbons (Fsp3) is 0.824. The van der Waals surface area contributed by atoms with Gasteiger partial charge in [-0.1, -0.05) is 46.3 Å². The summed E-state index contributed by atoms with van der Waals surface area (Å²) in [5.41, 5.74) is 1.43. The van der Waals surface area contributed by atoms with Gasteiger partial charge < -0.3 is 4.74 Å². The summed E-state index contributed by atoms with van der Waals surface area (Å²) >= 11 is 0. The molecule has 0 amide bonds. The minimum Gasteiger partial charge on any atom is -0.462 e. The number of rotatable bonds is 1. The van der Waals surface area contributed by atoms with Crippen molar-refractivity contribution in [2.75, 3.05) is 0 Å². The molecule has 1 fully saturated rings. The molecule has 1 heterocycles. The fourth-order valence-corrected chi connectivity index (χ4v) is 3.59. The van der Waals surface area contributed by atoms with E-state index in [1.165, 1.54) is 5.57 Å². The first-order valence-corrected chi connectivity index (χ1v) is 7.59. The molecule has 2 heteroatoms. The summed E-state index contributed by atoms with van der Waals surface area (Å²) < 4.78 is 5.78. The van der Waals surface area contributed by atoms with Crippen LogP contribution in [0.4, 0.5) is 0 Å². The van der Waals surface area contributed by atoms with Gasteiger partial charge >= 0.3 is 5.97 Å². The number of hydrogen-bond acceptors (Lipinski definition) is 2. The summed E-state index contributed by atoms with van der Waals surface area (Å²) in [5, 5.41) is 0. The Morgan fingerprint density at radius 3 is 2.47 bits per heavy atom. The van der Waals surface area contributed by atoms with E-state index in [9.17, 15) is 4.79 Å². The van der Waals surface area contributed by atoms with Gasteiger partial charge in [0.25, 0.3) is 0 Å². The number of esters is 1. The Morgan fingerprint density at radius 2 is 1.95 bits per heavy atom. The first-order valence-electron chi connectivity index (χ1n) is 7.59. The third-order valence-corrected chi connectivity index (χ3v) is 5.01. The maximum absolute atomic E-state index is 12.5. The molecule has 108 valence electrons. The molecule has 0 spiro atoms. The molecule has 0 aromatic carbocycles. The molecule has 4 atom stereocenters. The molecular weight excluding hydrogens is 236 g/mol. The van der Waals surface area contributed by atoms with Gasteiger partial charge in [0.1, 0.15) is 6.10 Å². The lowest BCUT2D eigenvalue weighted by Gasteiger charge is -2.46. The van der Waals surface area contributed by atoms with E-state index in [4.69, 9.17) is 4.74 Å². The van der Waals surface area contributed by atoms with Crippen LogP contribution in [0, 0.1) is 29.1 Å². The third kappa shape index (κ3) is 2.73. The maximum atomic E-state index is 12.5. The van der Waals surface area contributed by atoms with Crippen LogP contribution in [0.3, 0.4) is 0 Å². The lowest BCUT2D eigenvalue weighted by atomic mass is 9.64. The zero-order valence-electron chi connectivity index (χ0n) is 13.2. The van der Waals surface area contributed by atoms with Crippen molar-refractivity contribution in [2.24, 2.45) is 29.1 Å². The second-order valence-corrected chi connectivity index (χ2v) is 7.75. The highest BCUT2D eigenvalue weighted by Crippen LogP contribution is 2.47. The minimum absolute atomic E-state index is 0.0334. The monoisotopic (exact) mass is 264 g/mol. The van der Waals surface area contributed by atoms with Crippen LogP contribution < -0.4 is 0 Å². The molecule has 0 aromatic heterocycles. The molecule has 0 bridgehead atoms. The Balaban J connectivity index is 2.28. The Morgan fingerprint density at radius 1 is 1.32 bits per heavy atom. The van der Waals surface area contributed by atoms with Gasteiger partial charge in [-0.05, 0) is 42.9 Å². The number of hydrogen-bond donors (Lipinski definition) is 0. The second-order valence-electron chi connectivity index (χ2n) is 7.75. The molecule has 1 saturated heterocycles. The number of carbonyl (C=O) groups is 1. The number of ether oxygens (including phenoxy) is 1. The molecular formula is C17H28O2. The average Bonchev–Trinajstić information content (AvgIpc) is 2.28. The minimum atomic E-state index is 0.0334. The summed E-state index contributed by atoms with van der Waals surface area (Å²) in [7, 11) is 0. The van der Waals surface area contributed by atoms with Gasteiger partial charge in [0.05, 0.1) is 5.92 Å². The van der Waals surface area contributed by atoms with Gasteiger partial charge in [-0.15, -0.1) is 0 Å². The van der Waals surface area contributed by atoms with Crippen LogP contribution in [0.25, 0.3) is 0 Å². The van der Waals surface area contributed by atoms with Crippen LogP contribution in [-0.2, 0) is 9.53 Å². The number of carbonyl (C=O) groups excluding carboxylic acids is 1. The van der Waals surface area contributed by atoms with Crippen LogP contribution in [0.15, 0.2) is 11.6 Å². The summed E-state index contributed by atoms with van der Waals surface area (Å²) in [6, 6.07) is 0. The topological polar surface area (TPSA) is 26.3 Å². The van der Waals surface area contributed by atoms with Crippen LogP contribution in [0.5, 0.6) is 0 Å². The van der Waals surface area contributed by atoms with E-state index < -0.39 is 0 Å². The maximum Gasteiger partial charge on any atom is 0.310 e. The van der Waals surface area contributed by atoms with Crippen LogP contribution >= 0.6 is 0 Å². The molecule has 1 aliphatic heterocycles. The number of allylic oxidation sites excluding steroid dienone is 2. The van der Waals surface area contributed by atoms with E-state index in [2.05, 4.69) is 47.6 Å². The molecule has 0 unspecified atom stereocenters. The Kier molecular flexibility index (Phi) is 3.81. The molecule has 1 aliphatic carbocycles. The largest absolute Gasteiger partial charge is 0.462 e. The summed E-state index contributed by atoms with van der Waals surface area (Å²) in [4.78, 5) is 12.5. The van der Waals surface area contributed by atoms with Gasteiger partial charge in [-0.2, -0.15) is 0 Å². The average molecular weight is 264 g/mol. The molecule has 2 nitrogen and oxygen atoms in total. The lowest BCUT2D eigenvalue weighted by Crippen LogP contribution is -2.48. The van der Waals surface area contributed by atoms with Gasteiger partial charge in [-0.25, -0.2) is 0 Å². The lowest BCUT2D eigenvalue weighted by molar-refractivity contribution is -0.176. The zero-order chi connectivity index (χ0) is 14.4. The number of cyclic esters (lactones) is 1. The standard InChI is InChI=1S/C17H28O2/c1-10(2)12-8-7-11(3)13-9-14(17(4,5)6)19-16(18)15(12)13/h7,10,12-15H,8-9H2,1-6H3/t12-,13+,14-,15-/m1/s1. The Bertz CT molecular complexity index is 387. The predicted molar refractivity (Wildman–Crippen MR) is 77.6 cm³/mol. The van der Waals surface area contributed by atoms with Crippen molar-refractivity contribution in [3.8, 4) is 0 Å². The molecule has 0 aromatic rings. The van der Waals surface area contributed by atoms with Crippen molar-refractivity contribution in [3.63, 3.8) is 0 Å². The molecule has 2 rings (SSSR count). The fourth-order valence-electron chi connectivity index (χ4n) is 3.59. The highest BCUT2D eigenvalue weighted by atomic mass is 16.5. The zero-order valence-corrected chi connectivity index (χ0v) is 13.2. The predicted octanol–water partition coefficient (Wildman–Crippen LogP) is 4.20. The van der Waals surface area contributed by atoms with Crippen molar-refractivity contribution < 1.29 is 9.53 Å². The van der Waals surface area contributed by atoms with Crippen molar-refractivity contribution in [1.29, 1.82) is 0 Å². The Hall–Kier alpha value is -0.790. The van der Waals surface area contributed by atoms with Crippen LogP contribution in [-0.4, -0.2) is 12.1 Å². The summed E-state index contributed by atoms with van der Waals surface area (Å²) in [5.74, 6) is 1.51. The number of fused-ring (bicyclic) bond motifs is 1. The van der Waals surface area contributed by atoms with E-state index in [0.29, 0.717) is 17.8 Å². The van der Waals surface area contributed by atoms with E-state index in [1.807, 2.05) is 0 Å². The molecule has 19 heavy (non-hydrogen) atoms. The van der Waals surface area contributed by atoms with Gasteiger partial charge in [0.15, 0.2) is 0 Å². The van der Waals surface area contributed by atoms with E-state index in [1.54, 1.807) is 0 Å². The van der Waals surface area contributed by atoms with E-state index >= 15 is 0 Å². The third-order valence-electron chi connectivity index (χ3n) is 5.01. The van der Waals surface area contributed by atoms with Gasteiger partial charge in [-0.3, -0.25) is 4.79 Å². The Labute approximate surface area is 117 Å². The second kappa shape index (κ2) is 4.96. The summed E-state index contributed by atoms with van der Waals surface area (Å²) in [6.45, 7) is 13.1. The van der Waals surface area contributed by atoms with E-state index in [0.717, 1.165) is 12.8 Å². The first kappa shape index (κ1) is 14.6. The molecule has 0 radical (unpaired) electrons. The highest BCUT2D eigenvalue weighted by molar-refractivity contribution is 5.75. The highest BCUT2D eigenvalue weighted by Gasteiger charge is 2.48. The van der Waals surface area contributed by atoms with Gasteiger partial charge in [0.2, 0.25) is 0 Å².